The van der Waals surface area contributed by atoms with Gasteiger partial charge in [-0.2, -0.15) is 0 Å². The Bertz CT molecular complexity index is 800. The zero-order valence-electron chi connectivity index (χ0n) is 10.4. The van der Waals surface area contributed by atoms with Crippen molar-refractivity contribution in [3.8, 4) is 11.4 Å². The van der Waals surface area contributed by atoms with E-state index in [2.05, 4.69) is 20.0 Å². The smallest absolute Gasteiger partial charge is 0.341 e. The van der Waals surface area contributed by atoms with Crippen LogP contribution in [0.15, 0.2) is 36.5 Å². The first kappa shape index (κ1) is 12.6. The van der Waals surface area contributed by atoms with Crippen LogP contribution in [-0.2, 0) is 4.74 Å². The molecule has 0 bridgehead atoms. The minimum Gasteiger partial charge on any atom is -0.465 e. The molecule has 3 heterocycles. The topological polar surface area (TPSA) is 69.4 Å². The monoisotopic (exact) mass is 288 g/mol. The summed E-state index contributed by atoms with van der Waals surface area (Å²) in [5.74, 6) is -0.520. The number of esters is 1. The Hall–Kier alpha value is -2.47. The van der Waals surface area contributed by atoms with Crippen LogP contribution < -0.4 is 0 Å². The zero-order chi connectivity index (χ0) is 14.1. The molecule has 0 amide bonds. The lowest BCUT2D eigenvalue weighted by Crippen LogP contribution is -2.04. The van der Waals surface area contributed by atoms with E-state index in [4.69, 9.17) is 11.6 Å². The van der Waals surface area contributed by atoms with Crippen molar-refractivity contribution in [2.75, 3.05) is 7.11 Å². The molecule has 0 aliphatic heterocycles. The number of aromatic nitrogens is 4. The first-order valence-electron chi connectivity index (χ1n) is 5.75. The summed E-state index contributed by atoms with van der Waals surface area (Å²) < 4.78 is 6.28. The molecule has 0 spiro atoms. The Morgan fingerprint density at radius 2 is 2.15 bits per heavy atom. The fraction of sp³-hybridized carbons (Fsp3) is 0.0769. The van der Waals surface area contributed by atoms with E-state index >= 15 is 0 Å². The minimum atomic E-state index is -0.520. The second kappa shape index (κ2) is 4.90. The Kier molecular flexibility index (Phi) is 3.08. The van der Waals surface area contributed by atoms with Gasteiger partial charge in [0, 0.05) is 0 Å². The summed E-state index contributed by atoms with van der Waals surface area (Å²) in [5.41, 5.74) is 2.40. The molecule has 3 aromatic rings. The van der Waals surface area contributed by atoms with E-state index in [0.717, 1.165) is 11.2 Å². The third kappa shape index (κ3) is 2.00. The fourth-order valence-electron chi connectivity index (χ4n) is 1.89. The largest absolute Gasteiger partial charge is 0.465 e. The third-order valence-corrected chi connectivity index (χ3v) is 3.13. The van der Waals surface area contributed by atoms with Crippen molar-refractivity contribution in [3.63, 3.8) is 0 Å². The molecule has 3 rings (SSSR count). The lowest BCUT2D eigenvalue weighted by molar-refractivity contribution is 0.0600. The van der Waals surface area contributed by atoms with E-state index in [1.165, 1.54) is 7.11 Å². The van der Waals surface area contributed by atoms with Gasteiger partial charge in [-0.25, -0.2) is 14.3 Å². The van der Waals surface area contributed by atoms with E-state index in [1.807, 2.05) is 18.2 Å². The highest BCUT2D eigenvalue weighted by Crippen LogP contribution is 2.22. The normalized spacial score (nSPS) is 10.7. The highest BCUT2D eigenvalue weighted by Gasteiger charge is 2.14. The van der Waals surface area contributed by atoms with E-state index in [0.29, 0.717) is 5.69 Å². The summed E-state index contributed by atoms with van der Waals surface area (Å²) in [6.45, 7) is 0. The number of hydrogen-bond acceptors (Lipinski definition) is 5. The molecule has 0 radical (unpaired) electrons. The Labute approximate surface area is 119 Å². The lowest BCUT2D eigenvalue weighted by atomic mass is 10.2. The highest BCUT2D eigenvalue weighted by atomic mass is 35.5. The van der Waals surface area contributed by atoms with Crippen molar-refractivity contribution in [1.82, 2.24) is 19.8 Å². The molecule has 0 aliphatic rings. The van der Waals surface area contributed by atoms with Crippen LogP contribution in [0.2, 0.25) is 5.15 Å². The fourth-order valence-corrected chi connectivity index (χ4v) is 2.12. The standard InChI is InChI=1S/C13H9ClN4O2/c1-20-13(19)9-5-6-10(16-12(9)14)11-4-2-3-8-7-15-17-18(8)11/h2-7H,1H3. The second-order valence-electron chi connectivity index (χ2n) is 4.01. The lowest BCUT2D eigenvalue weighted by Gasteiger charge is -2.06. The van der Waals surface area contributed by atoms with Crippen LogP contribution in [0.4, 0.5) is 0 Å². The molecule has 0 atom stereocenters. The Morgan fingerprint density at radius 1 is 1.30 bits per heavy atom. The molecule has 20 heavy (non-hydrogen) atoms. The molecule has 0 saturated carbocycles. The summed E-state index contributed by atoms with van der Waals surface area (Å²) in [4.78, 5) is 15.7. The predicted octanol–water partition coefficient (Wildman–Crippen LogP) is 2.23. The van der Waals surface area contributed by atoms with Gasteiger partial charge in [0.1, 0.15) is 5.15 Å². The van der Waals surface area contributed by atoms with Crippen LogP contribution in [0.5, 0.6) is 0 Å². The molecule has 7 heteroatoms. The van der Waals surface area contributed by atoms with Gasteiger partial charge in [-0.15, -0.1) is 5.10 Å². The van der Waals surface area contributed by atoms with Crippen LogP contribution in [0, 0.1) is 0 Å². The summed E-state index contributed by atoms with van der Waals surface area (Å²) in [7, 11) is 1.29. The number of rotatable bonds is 2. The summed E-state index contributed by atoms with van der Waals surface area (Å²) in [5, 5.41) is 7.93. The number of carbonyl (C=O) groups is 1. The number of ether oxygens (including phenoxy) is 1. The van der Waals surface area contributed by atoms with Gasteiger partial charge >= 0.3 is 5.97 Å². The number of nitrogens with zero attached hydrogens (tertiary/aromatic N) is 4. The van der Waals surface area contributed by atoms with Crippen LogP contribution in [0.1, 0.15) is 10.4 Å². The number of methoxy groups -OCH3 is 1. The summed E-state index contributed by atoms with van der Waals surface area (Å²) in [6.07, 6.45) is 1.65. The number of hydrogen-bond donors (Lipinski definition) is 0. The molecule has 0 unspecified atom stereocenters. The number of carbonyl (C=O) groups excluding carboxylic acids is 1. The van der Waals surface area contributed by atoms with Crippen LogP contribution in [0.3, 0.4) is 0 Å². The average molecular weight is 289 g/mol. The van der Waals surface area contributed by atoms with E-state index in [-0.39, 0.29) is 10.7 Å². The van der Waals surface area contributed by atoms with Crippen LogP contribution in [0.25, 0.3) is 16.9 Å². The van der Waals surface area contributed by atoms with Crippen LogP contribution in [-0.4, -0.2) is 32.9 Å². The molecule has 6 nitrogen and oxygen atoms in total. The minimum absolute atomic E-state index is 0.0893. The molecule has 0 fully saturated rings. The molecule has 100 valence electrons. The van der Waals surface area contributed by atoms with Gasteiger partial charge in [-0.3, -0.25) is 0 Å². The first-order chi connectivity index (χ1) is 9.70. The number of halogens is 1. The van der Waals surface area contributed by atoms with Gasteiger partial charge in [0.2, 0.25) is 0 Å². The molecule has 0 aliphatic carbocycles. The van der Waals surface area contributed by atoms with E-state index < -0.39 is 5.97 Å². The molecule has 0 saturated heterocycles. The molecular formula is C13H9ClN4O2. The van der Waals surface area contributed by atoms with E-state index in [1.54, 1.807) is 22.8 Å². The number of pyridine rings is 2. The molecule has 3 aromatic heterocycles. The maximum atomic E-state index is 11.5. The summed E-state index contributed by atoms with van der Waals surface area (Å²) >= 11 is 6.02. The van der Waals surface area contributed by atoms with Gasteiger partial charge in [-0.05, 0) is 24.3 Å². The van der Waals surface area contributed by atoms with Gasteiger partial charge in [-0.1, -0.05) is 22.9 Å². The Morgan fingerprint density at radius 3 is 2.90 bits per heavy atom. The van der Waals surface area contributed by atoms with E-state index in [9.17, 15) is 4.79 Å². The van der Waals surface area contributed by atoms with Gasteiger partial charge in [0.05, 0.1) is 35.8 Å². The second-order valence-corrected chi connectivity index (χ2v) is 4.37. The molecular weight excluding hydrogens is 280 g/mol. The van der Waals surface area contributed by atoms with Crippen molar-refractivity contribution < 1.29 is 9.53 Å². The van der Waals surface area contributed by atoms with Crippen molar-refractivity contribution in [2.45, 2.75) is 0 Å². The zero-order valence-corrected chi connectivity index (χ0v) is 11.2. The predicted molar refractivity (Wildman–Crippen MR) is 72.6 cm³/mol. The Balaban J connectivity index is 2.14. The maximum Gasteiger partial charge on any atom is 0.341 e. The SMILES string of the molecule is COC(=O)c1ccc(-c2cccc3cnnn23)nc1Cl. The van der Waals surface area contributed by atoms with Gasteiger partial charge < -0.3 is 4.74 Å². The number of fused-ring (bicyclic) bond motifs is 1. The molecule has 0 aromatic carbocycles. The van der Waals surface area contributed by atoms with Gasteiger partial charge in [0.25, 0.3) is 0 Å². The highest BCUT2D eigenvalue weighted by molar-refractivity contribution is 6.32. The van der Waals surface area contributed by atoms with Crippen molar-refractivity contribution >= 4 is 23.1 Å². The maximum absolute atomic E-state index is 11.5. The average Bonchev–Trinajstić information content (AvgIpc) is 2.94. The molecule has 0 N–H and O–H groups in total. The van der Waals surface area contributed by atoms with Crippen molar-refractivity contribution in [2.24, 2.45) is 0 Å². The van der Waals surface area contributed by atoms with Crippen molar-refractivity contribution in [3.05, 3.63) is 47.2 Å². The van der Waals surface area contributed by atoms with Gasteiger partial charge in [0.15, 0.2) is 0 Å². The first-order valence-corrected chi connectivity index (χ1v) is 6.13. The van der Waals surface area contributed by atoms with Crippen LogP contribution >= 0.6 is 11.6 Å². The van der Waals surface area contributed by atoms with Crippen molar-refractivity contribution in [1.29, 1.82) is 0 Å². The summed E-state index contributed by atoms with van der Waals surface area (Å²) in [6, 6.07) is 8.87. The quantitative estimate of drug-likeness (QED) is 0.534. The third-order valence-electron chi connectivity index (χ3n) is 2.84.